The van der Waals surface area contributed by atoms with E-state index in [2.05, 4.69) is 28.6 Å². The Labute approximate surface area is 126 Å². The molecule has 0 fully saturated rings. The highest BCUT2D eigenvalue weighted by molar-refractivity contribution is 9.10. The third-order valence-corrected chi connectivity index (χ3v) is 3.56. The second-order valence-corrected chi connectivity index (χ2v) is 5.52. The lowest BCUT2D eigenvalue weighted by molar-refractivity contribution is -0.141. The number of aliphatic hydroxyl groups excluding tert-OH is 1. The lowest BCUT2D eigenvalue weighted by Crippen LogP contribution is -2.14. The molecule has 0 saturated carbocycles. The molecule has 0 amide bonds. The topological polar surface area (TPSA) is 66.8 Å². The maximum absolute atomic E-state index is 10.9. The van der Waals surface area contributed by atoms with Crippen molar-refractivity contribution in [1.82, 2.24) is 0 Å². The first-order chi connectivity index (χ1) is 8.95. The highest BCUT2D eigenvalue weighted by Gasteiger charge is 2.20. The van der Waals surface area contributed by atoms with Gasteiger partial charge in [-0.25, -0.2) is 0 Å². The maximum Gasteiger partial charge on any atom is 0.315 e. The van der Waals surface area contributed by atoms with Crippen molar-refractivity contribution < 1.29 is 19.7 Å². The number of hydrogen-bond donors (Lipinski definition) is 3. The van der Waals surface area contributed by atoms with Crippen LogP contribution in [-0.2, 0) is 9.53 Å². The molecule has 1 aromatic rings. The summed E-state index contributed by atoms with van der Waals surface area (Å²) in [6, 6.07) is 4.90. The molecular formula is C13H17BrO4S. The molecule has 1 rings (SSSR count). The maximum atomic E-state index is 10.9. The number of carbonyl (C=O) groups excluding carboxylic acids is 1. The largest absolute Gasteiger partial charge is 0.508 e. The van der Waals surface area contributed by atoms with Crippen molar-refractivity contribution in [3.63, 3.8) is 0 Å². The predicted octanol–water partition coefficient (Wildman–Crippen LogP) is 2.69. The Morgan fingerprint density at radius 2 is 2.21 bits per heavy atom. The van der Waals surface area contributed by atoms with E-state index in [1.54, 1.807) is 12.1 Å². The molecule has 2 atom stereocenters. The fourth-order valence-electron chi connectivity index (χ4n) is 1.63. The van der Waals surface area contributed by atoms with E-state index in [-0.39, 0.29) is 30.0 Å². The number of phenolic OH excluding ortho intramolecular Hbond substituents is 1. The molecule has 2 N–H and O–H groups in total. The number of thiol groups is 1. The van der Waals surface area contributed by atoms with Gasteiger partial charge >= 0.3 is 5.97 Å². The predicted molar refractivity (Wildman–Crippen MR) is 79.4 cm³/mol. The van der Waals surface area contributed by atoms with E-state index in [0.717, 1.165) is 4.47 Å². The second-order valence-electron chi connectivity index (χ2n) is 4.29. The van der Waals surface area contributed by atoms with Crippen molar-refractivity contribution in [3.8, 4) is 5.75 Å². The molecule has 1 aromatic carbocycles. The molecule has 0 saturated heterocycles. The van der Waals surface area contributed by atoms with E-state index in [1.165, 1.54) is 6.07 Å². The summed E-state index contributed by atoms with van der Waals surface area (Å²) in [6.07, 6.45) is -0.306. The van der Waals surface area contributed by atoms with Crippen molar-refractivity contribution in [3.05, 3.63) is 28.2 Å². The summed E-state index contributed by atoms with van der Waals surface area (Å²) in [5, 5.41) is 19.9. The minimum absolute atomic E-state index is 0.0450. The Hall–Kier alpha value is -0.720. The van der Waals surface area contributed by atoms with Gasteiger partial charge in [-0.3, -0.25) is 4.79 Å². The average Bonchev–Trinajstić information content (AvgIpc) is 2.40. The number of aliphatic hydroxyl groups is 1. The Morgan fingerprint density at radius 1 is 1.53 bits per heavy atom. The molecule has 106 valence electrons. The van der Waals surface area contributed by atoms with Gasteiger partial charge in [0.2, 0.25) is 0 Å². The van der Waals surface area contributed by atoms with E-state index < -0.39 is 6.10 Å². The summed E-state index contributed by atoms with van der Waals surface area (Å²) in [5.74, 6) is -0.429. The molecule has 0 heterocycles. The van der Waals surface area contributed by atoms with E-state index in [4.69, 9.17) is 4.74 Å². The van der Waals surface area contributed by atoms with Gasteiger partial charge in [0, 0.05) is 10.0 Å². The quantitative estimate of drug-likeness (QED) is 0.546. The minimum Gasteiger partial charge on any atom is -0.508 e. The normalized spacial score (nSPS) is 13.9. The van der Waals surface area contributed by atoms with Crippen LogP contribution >= 0.6 is 28.6 Å². The van der Waals surface area contributed by atoms with Crippen LogP contribution in [0.2, 0.25) is 0 Å². The van der Waals surface area contributed by atoms with Crippen LogP contribution in [0, 0.1) is 5.92 Å². The van der Waals surface area contributed by atoms with Crippen LogP contribution in [0.1, 0.15) is 25.0 Å². The van der Waals surface area contributed by atoms with Crippen molar-refractivity contribution in [2.45, 2.75) is 19.4 Å². The fourth-order valence-corrected chi connectivity index (χ4v) is 2.10. The first-order valence-electron chi connectivity index (χ1n) is 5.88. The number of phenols is 1. The summed E-state index contributed by atoms with van der Waals surface area (Å²) in [5.41, 5.74) is 0.461. The van der Waals surface area contributed by atoms with Crippen LogP contribution in [0.15, 0.2) is 22.7 Å². The van der Waals surface area contributed by atoms with Crippen LogP contribution in [0.4, 0.5) is 0 Å². The van der Waals surface area contributed by atoms with Gasteiger partial charge < -0.3 is 14.9 Å². The number of aromatic hydroxyl groups is 1. The molecule has 0 aliphatic rings. The summed E-state index contributed by atoms with van der Waals surface area (Å²) in [4.78, 5) is 10.9. The van der Waals surface area contributed by atoms with E-state index in [9.17, 15) is 15.0 Å². The summed E-state index contributed by atoms with van der Waals surface area (Å²) < 4.78 is 5.69. The highest BCUT2D eigenvalue weighted by atomic mass is 79.9. The SMILES string of the molecule is C[C@@H](CCOC(=O)CS)[C@@H](O)c1cc(Br)ccc1O. The lowest BCUT2D eigenvalue weighted by Gasteiger charge is -2.20. The highest BCUT2D eigenvalue weighted by Crippen LogP contribution is 2.32. The van der Waals surface area contributed by atoms with Crippen molar-refractivity contribution >= 4 is 34.5 Å². The van der Waals surface area contributed by atoms with E-state index >= 15 is 0 Å². The van der Waals surface area contributed by atoms with Gasteiger partial charge in [-0.05, 0) is 30.5 Å². The number of rotatable bonds is 6. The zero-order valence-electron chi connectivity index (χ0n) is 10.5. The van der Waals surface area contributed by atoms with Crippen molar-refractivity contribution in [2.24, 2.45) is 5.92 Å². The number of esters is 1. The monoisotopic (exact) mass is 348 g/mol. The Balaban J connectivity index is 2.58. The number of halogens is 1. The molecule has 0 spiro atoms. The van der Waals surface area contributed by atoms with Crippen LogP contribution in [0.3, 0.4) is 0 Å². The van der Waals surface area contributed by atoms with Gasteiger partial charge in [0.15, 0.2) is 0 Å². The molecule has 0 aromatic heterocycles. The molecule has 0 aliphatic heterocycles. The molecule has 6 heteroatoms. The summed E-state index contributed by atoms with van der Waals surface area (Å²) in [7, 11) is 0. The fraction of sp³-hybridized carbons (Fsp3) is 0.462. The summed E-state index contributed by atoms with van der Waals surface area (Å²) >= 11 is 7.10. The zero-order valence-corrected chi connectivity index (χ0v) is 13.0. The molecule has 0 aliphatic carbocycles. The Bertz CT molecular complexity index is 439. The van der Waals surface area contributed by atoms with Gasteiger partial charge in [0.25, 0.3) is 0 Å². The average molecular weight is 349 g/mol. The molecule has 0 radical (unpaired) electrons. The molecule has 0 bridgehead atoms. The first-order valence-corrected chi connectivity index (χ1v) is 7.31. The van der Waals surface area contributed by atoms with Gasteiger partial charge in [0.05, 0.1) is 18.5 Å². The van der Waals surface area contributed by atoms with Gasteiger partial charge in [0.1, 0.15) is 5.75 Å². The minimum atomic E-state index is -0.813. The second kappa shape index (κ2) is 7.77. The lowest BCUT2D eigenvalue weighted by atomic mass is 9.94. The smallest absolute Gasteiger partial charge is 0.315 e. The third-order valence-electron chi connectivity index (χ3n) is 2.81. The van der Waals surface area contributed by atoms with Crippen LogP contribution < -0.4 is 0 Å². The standard InChI is InChI=1S/C13H17BrO4S/c1-8(4-5-18-12(16)7-19)13(17)10-6-9(14)2-3-11(10)15/h2-3,6,8,13,15,17,19H,4-5,7H2,1H3/t8-,13+/m0/s1. The zero-order chi connectivity index (χ0) is 14.4. The van der Waals surface area contributed by atoms with Crippen LogP contribution in [-0.4, -0.2) is 28.5 Å². The summed E-state index contributed by atoms with van der Waals surface area (Å²) in [6.45, 7) is 2.06. The van der Waals surface area contributed by atoms with E-state index in [1.807, 2.05) is 6.92 Å². The molecular weight excluding hydrogens is 332 g/mol. The van der Waals surface area contributed by atoms with Gasteiger partial charge in [-0.2, -0.15) is 12.6 Å². The third kappa shape index (κ3) is 5.04. The number of carbonyl (C=O) groups is 1. The molecule has 4 nitrogen and oxygen atoms in total. The number of hydrogen-bond acceptors (Lipinski definition) is 5. The Kier molecular flexibility index (Phi) is 6.68. The molecule has 0 unspecified atom stereocenters. The van der Waals surface area contributed by atoms with Gasteiger partial charge in [-0.15, -0.1) is 0 Å². The van der Waals surface area contributed by atoms with E-state index in [0.29, 0.717) is 12.0 Å². The molecule has 19 heavy (non-hydrogen) atoms. The number of ether oxygens (including phenoxy) is 1. The van der Waals surface area contributed by atoms with Gasteiger partial charge in [-0.1, -0.05) is 22.9 Å². The Morgan fingerprint density at radius 3 is 2.84 bits per heavy atom. The van der Waals surface area contributed by atoms with Crippen molar-refractivity contribution in [1.29, 1.82) is 0 Å². The van der Waals surface area contributed by atoms with Crippen LogP contribution in [0.5, 0.6) is 5.75 Å². The van der Waals surface area contributed by atoms with Crippen molar-refractivity contribution in [2.75, 3.05) is 12.4 Å². The number of benzene rings is 1. The van der Waals surface area contributed by atoms with Crippen LogP contribution in [0.25, 0.3) is 0 Å². The first kappa shape index (κ1) is 16.3.